The van der Waals surface area contributed by atoms with E-state index in [1.54, 1.807) is 12.3 Å². The minimum Gasteiger partial charge on any atom is -0.469 e. The van der Waals surface area contributed by atoms with Gasteiger partial charge < -0.3 is 10.2 Å². The number of furan rings is 1. The summed E-state index contributed by atoms with van der Waals surface area (Å²) in [5.74, 6) is 0.569. The van der Waals surface area contributed by atoms with Gasteiger partial charge in [0.05, 0.1) is 6.26 Å². The van der Waals surface area contributed by atoms with Gasteiger partial charge >= 0.3 is 0 Å². The number of halogens is 1. The third kappa shape index (κ3) is 2.12. The average Bonchev–Trinajstić information content (AvgIpc) is 3.00. The quantitative estimate of drug-likeness (QED) is 0.900. The Morgan fingerprint density at radius 1 is 1.30 bits per heavy atom. The van der Waals surface area contributed by atoms with Crippen LogP contribution in [0.4, 0.5) is 0 Å². The van der Waals surface area contributed by atoms with Gasteiger partial charge in [0.15, 0.2) is 11.5 Å². The molecule has 1 atom stereocenters. The summed E-state index contributed by atoms with van der Waals surface area (Å²) in [6.07, 6.45) is 1.90. The fourth-order valence-corrected chi connectivity index (χ4v) is 2.58. The maximum Gasteiger partial charge on any atom is 0.259 e. The fourth-order valence-electron chi connectivity index (χ4n) is 2.31. The summed E-state index contributed by atoms with van der Waals surface area (Å²) in [4.78, 5) is 16.7. The predicted molar refractivity (Wildman–Crippen MR) is 78.0 cm³/mol. The Morgan fingerprint density at radius 3 is 2.60 bits per heavy atom. The van der Waals surface area contributed by atoms with Crippen molar-refractivity contribution < 1.29 is 9.21 Å². The van der Waals surface area contributed by atoms with E-state index < -0.39 is 5.54 Å². The van der Waals surface area contributed by atoms with Gasteiger partial charge in [-0.05, 0) is 29.8 Å². The van der Waals surface area contributed by atoms with Crippen molar-refractivity contribution in [2.45, 2.75) is 12.0 Å². The van der Waals surface area contributed by atoms with Crippen molar-refractivity contribution in [1.29, 1.82) is 0 Å². The first-order valence-electron chi connectivity index (χ1n) is 6.05. The van der Waals surface area contributed by atoms with Crippen molar-refractivity contribution in [2.24, 2.45) is 10.7 Å². The molecule has 1 aliphatic rings. The van der Waals surface area contributed by atoms with Crippen molar-refractivity contribution in [3.63, 3.8) is 0 Å². The molecule has 0 radical (unpaired) electrons. The van der Waals surface area contributed by atoms with Crippen LogP contribution in [0, 0.1) is 0 Å². The summed E-state index contributed by atoms with van der Waals surface area (Å²) < 4.78 is 6.28. The number of hydrogen-bond acceptors (Lipinski definition) is 4. The topological polar surface area (TPSA) is 80.6 Å². The summed E-state index contributed by atoms with van der Waals surface area (Å²) in [5.41, 5.74) is 5.38. The molecule has 2 aromatic rings. The Labute approximate surface area is 124 Å². The summed E-state index contributed by atoms with van der Waals surface area (Å²) in [5, 5.41) is 2.57. The summed E-state index contributed by atoms with van der Waals surface area (Å²) in [6.45, 7) is 0. The molecule has 0 fully saturated rings. The van der Waals surface area contributed by atoms with E-state index >= 15 is 0 Å². The number of amides is 1. The molecule has 0 bridgehead atoms. The SMILES string of the molecule is NC1=N[C@](Cc2ccco2)(c2ccc(Br)cc2)C(=O)N1. The smallest absolute Gasteiger partial charge is 0.259 e. The van der Waals surface area contributed by atoms with Crippen LogP contribution in [0.5, 0.6) is 0 Å². The van der Waals surface area contributed by atoms with E-state index in [0.717, 1.165) is 10.0 Å². The van der Waals surface area contributed by atoms with Crippen LogP contribution in [-0.2, 0) is 16.8 Å². The second-order valence-corrected chi connectivity index (χ2v) is 5.49. The molecule has 3 N–H and O–H groups in total. The van der Waals surface area contributed by atoms with Crippen molar-refractivity contribution in [3.05, 3.63) is 58.5 Å². The second-order valence-electron chi connectivity index (χ2n) is 4.57. The molecule has 2 heterocycles. The van der Waals surface area contributed by atoms with Gasteiger partial charge in [-0.25, -0.2) is 4.99 Å². The third-order valence-corrected chi connectivity index (χ3v) is 3.79. The molecule has 1 aromatic carbocycles. The van der Waals surface area contributed by atoms with Crippen LogP contribution in [-0.4, -0.2) is 11.9 Å². The average molecular weight is 334 g/mol. The van der Waals surface area contributed by atoms with Crippen LogP contribution in [0.3, 0.4) is 0 Å². The molecule has 0 saturated carbocycles. The van der Waals surface area contributed by atoms with E-state index in [1.807, 2.05) is 30.3 Å². The van der Waals surface area contributed by atoms with Gasteiger partial charge in [-0.15, -0.1) is 0 Å². The van der Waals surface area contributed by atoms with Crippen molar-refractivity contribution in [3.8, 4) is 0 Å². The van der Waals surface area contributed by atoms with Gasteiger partial charge in [0.25, 0.3) is 5.91 Å². The number of aliphatic imine (C=N–C) groups is 1. The number of nitrogens with zero attached hydrogens (tertiary/aromatic N) is 1. The lowest BCUT2D eigenvalue weighted by Crippen LogP contribution is -2.40. The normalized spacial score (nSPS) is 21.6. The number of hydrogen-bond donors (Lipinski definition) is 2. The third-order valence-electron chi connectivity index (χ3n) is 3.26. The molecule has 102 valence electrons. The van der Waals surface area contributed by atoms with Gasteiger partial charge in [-0.2, -0.15) is 0 Å². The predicted octanol–water partition coefficient (Wildman–Crippen LogP) is 1.92. The molecule has 0 spiro atoms. The van der Waals surface area contributed by atoms with Crippen LogP contribution in [0.2, 0.25) is 0 Å². The molecule has 1 aromatic heterocycles. The maximum absolute atomic E-state index is 12.4. The molecular formula is C14H12BrN3O2. The summed E-state index contributed by atoms with van der Waals surface area (Å²) in [6, 6.07) is 11.1. The molecule has 0 unspecified atom stereocenters. The highest BCUT2D eigenvalue weighted by molar-refractivity contribution is 9.10. The highest BCUT2D eigenvalue weighted by Crippen LogP contribution is 2.34. The standard InChI is InChI=1S/C14H12BrN3O2/c15-10-5-3-9(4-6-10)14(8-11-2-1-7-20-11)12(19)17-13(16)18-14/h1-7H,8H2,(H3,16,17,18,19)/t14-/m1/s1. The highest BCUT2D eigenvalue weighted by Gasteiger charge is 2.45. The molecule has 1 amide bonds. The van der Waals surface area contributed by atoms with E-state index in [4.69, 9.17) is 10.2 Å². The zero-order valence-corrected chi connectivity index (χ0v) is 12.1. The lowest BCUT2D eigenvalue weighted by atomic mass is 9.86. The first-order chi connectivity index (χ1) is 9.60. The summed E-state index contributed by atoms with van der Waals surface area (Å²) >= 11 is 3.38. The fraction of sp³-hybridized carbons (Fsp3) is 0.143. The Bertz CT molecular complexity index is 664. The monoisotopic (exact) mass is 333 g/mol. The number of nitrogens with one attached hydrogen (secondary N) is 1. The van der Waals surface area contributed by atoms with Gasteiger partial charge in [0.2, 0.25) is 0 Å². The Morgan fingerprint density at radius 2 is 2.05 bits per heavy atom. The lowest BCUT2D eigenvalue weighted by molar-refractivity contribution is -0.124. The first-order valence-corrected chi connectivity index (χ1v) is 6.85. The Hall–Kier alpha value is -2.08. The molecular weight excluding hydrogens is 322 g/mol. The van der Waals surface area contributed by atoms with Crippen LogP contribution >= 0.6 is 15.9 Å². The van der Waals surface area contributed by atoms with E-state index in [1.165, 1.54) is 0 Å². The van der Waals surface area contributed by atoms with Crippen LogP contribution in [0.15, 0.2) is 56.5 Å². The van der Waals surface area contributed by atoms with Crippen LogP contribution in [0.25, 0.3) is 0 Å². The molecule has 5 nitrogen and oxygen atoms in total. The minimum atomic E-state index is -1.07. The van der Waals surface area contributed by atoms with E-state index in [9.17, 15) is 4.79 Å². The lowest BCUT2D eigenvalue weighted by Gasteiger charge is -2.22. The number of nitrogens with two attached hydrogens (primary N) is 1. The molecule has 20 heavy (non-hydrogen) atoms. The highest BCUT2D eigenvalue weighted by atomic mass is 79.9. The van der Waals surface area contributed by atoms with E-state index in [2.05, 4.69) is 26.2 Å². The Kier molecular flexibility index (Phi) is 3.10. The minimum absolute atomic E-state index is 0.129. The number of benzene rings is 1. The van der Waals surface area contributed by atoms with Crippen LogP contribution < -0.4 is 11.1 Å². The van der Waals surface area contributed by atoms with Crippen molar-refractivity contribution >= 4 is 27.8 Å². The van der Waals surface area contributed by atoms with Crippen molar-refractivity contribution in [1.82, 2.24) is 5.32 Å². The van der Waals surface area contributed by atoms with Crippen molar-refractivity contribution in [2.75, 3.05) is 0 Å². The molecule has 0 saturated heterocycles. The zero-order valence-electron chi connectivity index (χ0n) is 10.5. The molecule has 6 heteroatoms. The Balaban J connectivity index is 2.08. The van der Waals surface area contributed by atoms with E-state index in [0.29, 0.717) is 12.2 Å². The number of rotatable bonds is 3. The largest absolute Gasteiger partial charge is 0.469 e. The summed E-state index contributed by atoms with van der Waals surface area (Å²) in [7, 11) is 0. The van der Waals surface area contributed by atoms with Crippen LogP contribution in [0.1, 0.15) is 11.3 Å². The van der Waals surface area contributed by atoms with Gasteiger partial charge in [-0.1, -0.05) is 28.1 Å². The maximum atomic E-state index is 12.4. The molecule has 0 aliphatic carbocycles. The molecule has 1 aliphatic heterocycles. The first kappa shape index (κ1) is 12.9. The zero-order chi connectivity index (χ0) is 14.2. The van der Waals surface area contributed by atoms with E-state index in [-0.39, 0.29) is 11.9 Å². The number of carbonyl (C=O) groups excluding carboxylic acids is 1. The van der Waals surface area contributed by atoms with Gasteiger partial charge in [0, 0.05) is 10.9 Å². The van der Waals surface area contributed by atoms with Gasteiger partial charge in [-0.3, -0.25) is 10.1 Å². The number of carbonyl (C=O) groups is 1. The van der Waals surface area contributed by atoms with Gasteiger partial charge in [0.1, 0.15) is 5.76 Å². The molecule has 3 rings (SSSR count). The second kappa shape index (κ2) is 4.79. The number of guanidine groups is 1.